The monoisotopic (exact) mass is 308 g/mol. The smallest absolute Gasteiger partial charge is 0.353 e. The molecule has 0 atom stereocenters. The number of aromatic carboxylic acids is 1. The van der Waals surface area contributed by atoms with Crippen LogP contribution in [0.1, 0.15) is 46.1 Å². The van der Waals surface area contributed by atoms with Gasteiger partial charge in [-0.05, 0) is 25.3 Å². The first-order chi connectivity index (χ1) is 10.00. The summed E-state index contributed by atoms with van der Waals surface area (Å²) in [6.45, 7) is 0. The Morgan fingerprint density at radius 3 is 2.62 bits per heavy atom. The van der Waals surface area contributed by atoms with Gasteiger partial charge in [0.2, 0.25) is 0 Å². The average Bonchev–Trinajstić information content (AvgIpc) is 3.02. The second kappa shape index (κ2) is 4.92. The van der Waals surface area contributed by atoms with Crippen molar-refractivity contribution in [2.24, 2.45) is 0 Å². The van der Waals surface area contributed by atoms with Gasteiger partial charge in [0.05, 0.1) is 16.8 Å². The molecule has 2 aromatic heterocycles. The number of amides is 1. The number of nitrogens with one attached hydrogen (secondary N) is 3. The molecule has 1 aliphatic rings. The Morgan fingerprint density at radius 2 is 2.14 bits per heavy atom. The van der Waals surface area contributed by atoms with E-state index < -0.39 is 11.5 Å². The number of H-pyrrole nitrogens is 2. The fraction of sp³-hybridized carbons (Fsp3) is 0.308. The van der Waals surface area contributed by atoms with Crippen LogP contribution in [0.15, 0.2) is 18.5 Å². The number of hydrogen-bond acceptors (Lipinski definition) is 3. The van der Waals surface area contributed by atoms with Gasteiger partial charge in [-0.25, -0.2) is 9.78 Å². The molecule has 1 aliphatic carbocycles. The van der Waals surface area contributed by atoms with Crippen LogP contribution in [-0.2, 0) is 5.54 Å². The molecule has 0 radical (unpaired) electrons. The molecule has 0 saturated heterocycles. The zero-order chi connectivity index (χ0) is 15.0. The highest BCUT2D eigenvalue weighted by molar-refractivity contribution is 6.30. The van der Waals surface area contributed by atoms with Crippen molar-refractivity contribution in [3.63, 3.8) is 0 Å². The molecular weight excluding hydrogens is 296 g/mol. The topological polar surface area (TPSA) is 111 Å². The van der Waals surface area contributed by atoms with Gasteiger partial charge >= 0.3 is 5.97 Å². The first-order valence-corrected chi connectivity index (χ1v) is 6.83. The summed E-state index contributed by atoms with van der Waals surface area (Å²) in [6.07, 6.45) is 5.14. The predicted octanol–water partition coefficient (Wildman–Crippen LogP) is 1.90. The molecule has 7 nitrogen and oxygen atoms in total. The lowest BCUT2D eigenvalue weighted by Crippen LogP contribution is -2.51. The van der Waals surface area contributed by atoms with E-state index in [0.29, 0.717) is 29.4 Å². The van der Waals surface area contributed by atoms with Crippen LogP contribution < -0.4 is 5.32 Å². The number of carboxylic acid groups (broad SMARTS) is 1. The Labute approximate surface area is 124 Å². The molecule has 110 valence electrons. The van der Waals surface area contributed by atoms with Gasteiger partial charge in [0.1, 0.15) is 17.2 Å². The van der Waals surface area contributed by atoms with Gasteiger partial charge in [-0.1, -0.05) is 11.6 Å². The van der Waals surface area contributed by atoms with E-state index in [1.165, 1.54) is 18.5 Å². The molecule has 3 rings (SSSR count). The summed E-state index contributed by atoms with van der Waals surface area (Å²) in [5.41, 5.74) is -0.271. The van der Waals surface area contributed by atoms with Crippen LogP contribution >= 0.6 is 11.6 Å². The first-order valence-electron chi connectivity index (χ1n) is 6.45. The Kier molecular flexibility index (Phi) is 3.21. The third kappa shape index (κ3) is 2.40. The van der Waals surface area contributed by atoms with Crippen molar-refractivity contribution in [2.75, 3.05) is 0 Å². The van der Waals surface area contributed by atoms with Crippen molar-refractivity contribution >= 4 is 23.5 Å². The van der Waals surface area contributed by atoms with Crippen LogP contribution in [0.25, 0.3) is 0 Å². The van der Waals surface area contributed by atoms with Crippen LogP contribution in [0.5, 0.6) is 0 Å². The Balaban J connectivity index is 1.83. The highest BCUT2D eigenvalue weighted by Crippen LogP contribution is 2.40. The number of aromatic nitrogens is 3. The molecule has 0 spiro atoms. The number of carbonyl (C=O) groups excluding carboxylic acids is 1. The minimum Gasteiger partial charge on any atom is -0.477 e. The van der Waals surface area contributed by atoms with Crippen LogP contribution in [0, 0.1) is 0 Å². The van der Waals surface area contributed by atoms with E-state index in [1.54, 1.807) is 0 Å². The quantitative estimate of drug-likeness (QED) is 0.691. The third-order valence-corrected chi connectivity index (χ3v) is 3.93. The number of rotatable bonds is 4. The van der Waals surface area contributed by atoms with Gasteiger partial charge in [-0.2, -0.15) is 0 Å². The summed E-state index contributed by atoms with van der Waals surface area (Å²) < 4.78 is 0. The predicted molar refractivity (Wildman–Crippen MR) is 74.3 cm³/mol. The van der Waals surface area contributed by atoms with Gasteiger partial charge in [0.15, 0.2) is 0 Å². The largest absolute Gasteiger partial charge is 0.477 e. The standard InChI is InChI=1S/C13H13ClN4O3/c14-7-4-8(15-5-7)10(19)18-13(2-1-3-13)12-16-6-9(17-12)11(20)21/h4-6,15H,1-3H2,(H,16,17)(H,18,19)(H,20,21). The number of imidazole rings is 1. The van der Waals surface area contributed by atoms with Crippen molar-refractivity contribution < 1.29 is 14.7 Å². The maximum absolute atomic E-state index is 12.2. The van der Waals surface area contributed by atoms with E-state index >= 15 is 0 Å². The highest BCUT2D eigenvalue weighted by Gasteiger charge is 2.43. The van der Waals surface area contributed by atoms with Gasteiger partial charge < -0.3 is 20.4 Å². The minimum absolute atomic E-state index is 0.00782. The molecule has 0 aliphatic heterocycles. The lowest BCUT2D eigenvalue weighted by atomic mass is 9.76. The van der Waals surface area contributed by atoms with Crippen LogP contribution in [0.2, 0.25) is 5.02 Å². The molecule has 2 aromatic rings. The molecule has 2 heterocycles. The normalized spacial score (nSPS) is 16.2. The van der Waals surface area contributed by atoms with Crippen molar-refractivity contribution in [1.82, 2.24) is 20.3 Å². The van der Waals surface area contributed by atoms with Gasteiger partial charge in [0.25, 0.3) is 5.91 Å². The third-order valence-electron chi connectivity index (χ3n) is 3.71. The zero-order valence-electron chi connectivity index (χ0n) is 10.9. The summed E-state index contributed by atoms with van der Waals surface area (Å²) in [6, 6.07) is 1.54. The number of halogens is 1. The fourth-order valence-electron chi connectivity index (χ4n) is 2.41. The van der Waals surface area contributed by atoms with E-state index in [9.17, 15) is 9.59 Å². The first kappa shape index (κ1) is 13.7. The maximum atomic E-state index is 12.2. The maximum Gasteiger partial charge on any atom is 0.353 e. The SMILES string of the molecule is O=C(O)c1cnc(C2(NC(=O)c3cc(Cl)c[nH]3)CCC2)[nH]1. The lowest BCUT2D eigenvalue weighted by molar-refractivity contribution is 0.0690. The molecular formula is C13H13ClN4O3. The van der Waals surface area contributed by atoms with E-state index in [4.69, 9.17) is 16.7 Å². The molecule has 21 heavy (non-hydrogen) atoms. The number of carboxylic acids is 1. The number of carbonyl (C=O) groups is 2. The van der Waals surface area contributed by atoms with E-state index in [2.05, 4.69) is 20.3 Å². The van der Waals surface area contributed by atoms with Gasteiger partial charge in [0, 0.05) is 6.20 Å². The van der Waals surface area contributed by atoms with Crippen molar-refractivity contribution in [3.8, 4) is 0 Å². The number of nitrogens with zero attached hydrogens (tertiary/aromatic N) is 1. The summed E-state index contributed by atoms with van der Waals surface area (Å²) >= 11 is 5.78. The van der Waals surface area contributed by atoms with Crippen molar-refractivity contribution in [3.05, 3.63) is 40.7 Å². The number of hydrogen-bond donors (Lipinski definition) is 4. The summed E-state index contributed by atoms with van der Waals surface area (Å²) in [5.74, 6) is -0.905. The second-order valence-corrected chi connectivity index (χ2v) is 5.51. The van der Waals surface area contributed by atoms with Gasteiger partial charge in [-0.3, -0.25) is 4.79 Å². The molecule has 8 heteroatoms. The van der Waals surface area contributed by atoms with Crippen molar-refractivity contribution in [1.29, 1.82) is 0 Å². The van der Waals surface area contributed by atoms with E-state index in [-0.39, 0.29) is 11.6 Å². The van der Waals surface area contributed by atoms with Crippen molar-refractivity contribution in [2.45, 2.75) is 24.8 Å². The molecule has 1 fully saturated rings. The molecule has 0 bridgehead atoms. The molecule has 1 saturated carbocycles. The summed E-state index contributed by atoms with van der Waals surface area (Å²) in [7, 11) is 0. The summed E-state index contributed by atoms with van der Waals surface area (Å²) in [5, 5.41) is 12.3. The Bertz CT molecular complexity index is 702. The fourth-order valence-corrected chi connectivity index (χ4v) is 2.57. The second-order valence-electron chi connectivity index (χ2n) is 5.07. The Hall–Kier alpha value is -2.28. The van der Waals surface area contributed by atoms with Crippen LogP contribution in [0.4, 0.5) is 0 Å². The van der Waals surface area contributed by atoms with Crippen LogP contribution in [-0.4, -0.2) is 31.9 Å². The summed E-state index contributed by atoms with van der Waals surface area (Å²) in [4.78, 5) is 32.8. The van der Waals surface area contributed by atoms with E-state index in [1.807, 2.05) is 0 Å². The number of aromatic amines is 2. The van der Waals surface area contributed by atoms with Crippen LogP contribution in [0.3, 0.4) is 0 Å². The average molecular weight is 309 g/mol. The minimum atomic E-state index is -1.08. The van der Waals surface area contributed by atoms with E-state index in [0.717, 1.165) is 6.42 Å². The molecule has 0 aromatic carbocycles. The Morgan fingerprint density at radius 1 is 1.38 bits per heavy atom. The molecule has 1 amide bonds. The molecule has 0 unspecified atom stereocenters. The lowest BCUT2D eigenvalue weighted by Gasteiger charge is -2.40. The zero-order valence-corrected chi connectivity index (χ0v) is 11.7. The molecule has 4 N–H and O–H groups in total. The highest BCUT2D eigenvalue weighted by atomic mass is 35.5. The van der Waals surface area contributed by atoms with Gasteiger partial charge in [-0.15, -0.1) is 0 Å².